The largest absolute Gasteiger partial charge is 0.337 e. The maximum absolute atomic E-state index is 11.4. The van der Waals surface area contributed by atoms with Crippen molar-refractivity contribution in [2.75, 3.05) is 20.1 Å². The zero-order chi connectivity index (χ0) is 11.8. The van der Waals surface area contributed by atoms with Gasteiger partial charge >= 0.3 is 6.03 Å². The SMILES string of the molecule is CN1CC(C)(c2ccc(Br)cc2)CNC1=O. The van der Waals surface area contributed by atoms with Gasteiger partial charge in [0.1, 0.15) is 0 Å². The molecule has 1 aromatic carbocycles. The average Bonchev–Trinajstić information content (AvgIpc) is 2.25. The van der Waals surface area contributed by atoms with Crippen molar-refractivity contribution >= 4 is 22.0 Å². The maximum atomic E-state index is 11.4. The molecule has 16 heavy (non-hydrogen) atoms. The van der Waals surface area contributed by atoms with Crippen LogP contribution in [0.4, 0.5) is 4.79 Å². The number of carbonyl (C=O) groups excluding carboxylic acids is 1. The Labute approximate surface area is 104 Å². The van der Waals surface area contributed by atoms with Crippen LogP contribution in [0.2, 0.25) is 0 Å². The second-order valence-electron chi connectivity index (χ2n) is 4.58. The van der Waals surface area contributed by atoms with Gasteiger partial charge in [-0.1, -0.05) is 35.0 Å². The lowest BCUT2D eigenvalue weighted by Gasteiger charge is -2.39. The number of hydrogen-bond acceptors (Lipinski definition) is 1. The number of amides is 2. The van der Waals surface area contributed by atoms with Gasteiger partial charge in [-0.15, -0.1) is 0 Å². The van der Waals surface area contributed by atoms with E-state index in [1.165, 1.54) is 5.56 Å². The number of halogens is 1. The molecule has 1 aliphatic heterocycles. The summed E-state index contributed by atoms with van der Waals surface area (Å²) >= 11 is 3.43. The molecule has 1 aliphatic rings. The zero-order valence-corrected chi connectivity index (χ0v) is 11.0. The predicted octanol–water partition coefficient (Wildman–Crippen LogP) is 2.36. The Morgan fingerprint density at radius 2 is 2.00 bits per heavy atom. The third-order valence-electron chi connectivity index (χ3n) is 3.10. The molecule has 0 aliphatic carbocycles. The smallest absolute Gasteiger partial charge is 0.317 e. The summed E-state index contributed by atoms with van der Waals surface area (Å²) in [6.45, 7) is 3.62. The summed E-state index contributed by atoms with van der Waals surface area (Å²) in [4.78, 5) is 13.1. The van der Waals surface area contributed by atoms with Crippen molar-refractivity contribution in [1.82, 2.24) is 10.2 Å². The molecular formula is C12H15BrN2O. The van der Waals surface area contributed by atoms with Crippen LogP contribution in [0.1, 0.15) is 12.5 Å². The van der Waals surface area contributed by atoms with Crippen molar-refractivity contribution in [2.24, 2.45) is 0 Å². The summed E-state index contributed by atoms with van der Waals surface area (Å²) in [5.41, 5.74) is 1.24. The summed E-state index contributed by atoms with van der Waals surface area (Å²) in [5.74, 6) is 0. The van der Waals surface area contributed by atoms with E-state index in [1.807, 2.05) is 19.2 Å². The van der Waals surface area contributed by atoms with Gasteiger partial charge in [0.05, 0.1) is 0 Å². The third-order valence-corrected chi connectivity index (χ3v) is 3.63. The molecule has 0 saturated carbocycles. The Kier molecular flexibility index (Phi) is 2.93. The first-order chi connectivity index (χ1) is 7.51. The highest BCUT2D eigenvalue weighted by atomic mass is 79.9. The first-order valence-electron chi connectivity index (χ1n) is 5.26. The number of urea groups is 1. The zero-order valence-electron chi connectivity index (χ0n) is 9.46. The molecule has 2 amide bonds. The summed E-state index contributed by atoms with van der Waals surface area (Å²) in [6.07, 6.45) is 0. The highest BCUT2D eigenvalue weighted by molar-refractivity contribution is 9.10. The van der Waals surface area contributed by atoms with E-state index < -0.39 is 0 Å². The van der Waals surface area contributed by atoms with Gasteiger partial charge in [0.15, 0.2) is 0 Å². The number of nitrogens with one attached hydrogen (secondary N) is 1. The van der Waals surface area contributed by atoms with Crippen molar-refractivity contribution in [3.63, 3.8) is 0 Å². The number of hydrogen-bond donors (Lipinski definition) is 1. The Balaban J connectivity index is 2.25. The van der Waals surface area contributed by atoms with Gasteiger partial charge in [-0.3, -0.25) is 0 Å². The monoisotopic (exact) mass is 282 g/mol. The minimum atomic E-state index is -0.0106. The summed E-state index contributed by atoms with van der Waals surface area (Å²) < 4.78 is 1.08. The van der Waals surface area contributed by atoms with Crippen LogP contribution >= 0.6 is 15.9 Å². The molecule has 1 fully saturated rings. The van der Waals surface area contributed by atoms with E-state index in [-0.39, 0.29) is 11.4 Å². The van der Waals surface area contributed by atoms with Crippen LogP contribution in [0.15, 0.2) is 28.7 Å². The van der Waals surface area contributed by atoms with E-state index >= 15 is 0 Å². The molecule has 1 atom stereocenters. The van der Waals surface area contributed by atoms with E-state index in [2.05, 4.69) is 40.3 Å². The Morgan fingerprint density at radius 3 is 2.56 bits per heavy atom. The van der Waals surface area contributed by atoms with E-state index in [4.69, 9.17) is 0 Å². The van der Waals surface area contributed by atoms with Gasteiger partial charge in [-0.25, -0.2) is 4.79 Å². The molecule has 3 nitrogen and oxygen atoms in total. The Morgan fingerprint density at radius 1 is 1.38 bits per heavy atom. The standard InChI is InChI=1S/C12H15BrN2O/c1-12(7-14-11(16)15(2)8-12)9-3-5-10(13)6-4-9/h3-6H,7-8H2,1-2H3,(H,14,16). The lowest BCUT2D eigenvalue weighted by atomic mass is 9.81. The van der Waals surface area contributed by atoms with Crippen molar-refractivity contribution in [3.05, 3.63) is 34.3 Å². The molecule has 0 radical (unpaired) electrons. The highest BCUT2D eigenvalue weighted by Gasteiger charge is 2.34. The van der Waals surface area contributed by atoms with Crippen LogP contribution in [-0.2, 0) is 5.41 Å². The molecule has 86 valence electrons. The number of carbonyl (C=O) groups is 1. The van der Waals surface area contributed by atoms with Gasteiger partial charge in [-0.05, 0) is 17.7 Å². The predicted molar refractivity (Wildman–Crippen MR) is 67.5 cm³/mol. The minimum Gasteiger partial charge on any atom is -0.337 e. The molecule has 4 heteroatoms. The molecule has 1 heterocycles. The summed E-state index contributed by atoms with van der Waals surface area (Å²) in [7, 11) is 1.82. The molecule has 0 spiro atoms. The van der Waals surface area contributed by atoms with Gasteiger partial charge in [0.25, 0.3) is 0 Å². The average molecular weight is 283 g/mol. The van der Waals surface area contributed by atoms with Crippen LogP contribution in [-0.4, -0.2) is 31.1 Å². The van der Waals surface area contributed by atoms with E-state index in [0.717, 1.165) is 11.0 Å². The number of benzene rings is 1. The quantitative estimate of drug-likeness (QED) is 0.843. The van der Waals surface area contributed by atoms with Crippen molar-refractivity contribution in [2.45, 2.75) is 12.3 Å². The van der Waals surface area contributed by atoms with Crippen molar-refractivity contribution < 1.29 is 4.79 Å². The molecule has 2 rings (SSSR count). The van der Waals surface area contributed by atoms with Gasteiger partial charge in [0, 0.05) is 30.0 Å². The summed E-state index contributed by atoms with van der Waals surface area (Å²) in [6, 6.07) is 8.30. The van der Waals surface area contributed by atoms with Gasteiger partial charge in [-0.2, -0.15) is 0 Å². The summed E-state index contributed by atoms with van der Waals surface area (Å²) in [5, 5.41) is 2.91. The van der Waals surface area contributed by atoms with Crippen molar-refractivity contribution in [1.29, 1.82) is 0 Å². The lowest BCUT2D eigenvalue weighted by molar-refractivity contribution is 0.174. The Hall–Kier alpha value is -1.03. The molecule has 1 unspecified atom stereocenters. The van der Waals surface area contributed by atoms with E-state index in [0.29, 0.717) is 6.54 Å². The van der Waals surface area contributed by atoms with Crippen LogP contribution in [0.3, 0.4) is 0 Å². The van der Waals surface area contributed by atoms with Crippen LogP contribution in [0, 0.1) is 0 Å². The van der Waals surface area contributed by atoms with Crippen LogP contribution < -0.4 is 5.32 Å². The fourth-order valence-corrected chi connectivity index (χ4v) is 2.37. The molecule has 0 bridgehead atoms. The Bertz CT molecular complexity index is 404. The fourth-order valence-electron chi connectivity index (χ4n) is 2.10. The lowest BCUT2D eigenvalue weighted by Crippen LogP contribution is -2.56. The second-order valence-corrected chi connectivity index (χ2v) is 5.50. The van der Waals surface area contributed by atoms with Gasteiger partial charge in [0.2, 0.25) is 0 Å². The van der Waals surface area contributed by atoms with Crippen molar-refractivity contribution in [3.8, 4) is 0 Å². The third kappa shape index (κ3) is 2.07. The van der Waals surface area contributed by atoms with E-state index in [9.17, 15) is 4.79 Å². The minimum absolute atomic E-state index is 0.00888. The first-order valence-corrected chi connectivity index (χ1v) is 6.06. The molecular weight excluding hydrogens is 268 g/mol. The fraction of sp³-hybridized carbons (Fsp3) is 0.417. The van der Waals surface area contributed by atoms with Crippen LogP contribution in [0.5, 0.6) is 0 Å². The maximum Gasteiger partial charge on any atom is 0.317 e. The molecule has 1 N–H and O–H groups in total. The number of likely N-dealkylation sites (N-methyl/N-ethyl adjacent to an activating group) is 1. The number of rotatable bonds is 1. The molecule has 1 aromatic rings. The second kappa shape index (κ2) is 4.09. The topological polar surface area (TPSA) is 32.3 Å². The van der Waals surface area contributed by atoms with Crippen LogP contribution in [0.25, 0.3) is 0 Å². The molecule has 1 saturated heterocycles. The highest BCUT2D eigenvalue weighted by Crippen LogP contribution is 2.27. The van der Waals surface area contributed by atoms with E-state index in [1.54, 1.807) is 4.90 Å². The molecule has 0 aromatic heterocycles. The normalized spacial score (nSPS) is 25.4. The number of nitrogens with zero attached hydrogens (tertiary/aromatic N) is 1. The van der Waals surface area contributed by atoms with Gasteiger partial charge < -0.3 is 10.2 Å². The first kappa shape index (κ1) is 11.5.